The summed E-state index contributed by atoms with van der Waals surface area (Å²) >= 11 is 5.98. The normalized spacial score (nSPS) is 10.4. The van der Waals surface area contributed by atoms with Gasteiger partial charge in [0.15, 0.2) is 0 Å². The van der Waals surface area contributed by atoms with E-state index in [9.17, 15) is 9.59 Å². The van der Waals surface area contributed by atoms with Crippen LogP contribution in [0.1, 0.15) is 12.5 Å². The molecule has 1 N–H and O–H groups in total. The number of ether oxygens (including phenoxy) is 1. The van der Waals surface area contributed by atoms with Gasteiger partial charge in [0.2, 0.25) is 5.91 Å². The molecule has 0 aliphatic rings. The van der Waals surface area contributed by atoms with Gasteiger partial charge in [-0.25, -0.2) is 0 Å². The van der Waals surface area contributed by atoms with E-state index in [4.69, 9.17) is 16.3 Å². The Morgan fingerprint density at radius 2 is 2.05 bits per heavy atom. The fourth-order valence-corrected chi connectivity index (χ4v) is 1.84. The highest BCUT2D eigenvalue weighted by atomic mass is 35.5. The number of hydrogen-bond acceptors (Lipinski definition) is 4. The molecule has 0 saturated carbocycles. The second-order valence-electron chi connectivity index (χ2n) is 4.44. The van der Waals surface area contributed by atoms with Crippen LogP contribution in [0.2, 0.25) is 5.02 Å². The summed E-state index contributed by atoms with van der Waals surface area (Å²) in [6, 6.07) is 5.32. The Morgan fingerprint density at radius 3 is 2.70 bits per heavy atom. The Morgan fingerprint density at radius 1 is 1.35 bits per heavy atom. The molecule has 0 atom stereocenters. The molecule has 5 nitrogen and oxygen atoms in total. The van der Waals surface area contributed by atoms with Crippen molar-refractivity contribution in [3.8, 4) is 0 Å². The van der Waals surface area contributed by atoms with Crippen LogP contribution in [0, 0.1) is 6.92 Å². The smallest absolute Gasteiger partial charge is 0.320 e. The third kappa shape index (κ3) is 5.19. The van der Waals surface area contributed by atoms with Gasteiger partial charge in [-0.2, -0.15) is 0 Å². The van der Waals surface area contributed by atoms with Crippen molar-refractivity contribution in [2.75, 3.05) is 32.1 Å². The van der Waals surface area contributed by atoms with Gasteiger partial charge in [-0.15, -0.1) is 0 Å². The maximum atomic E-state index is 11.9. The first-order valence-electron chi connectivity index (χ1n) is 6.33. The number of hydrogen-bond donors (Lipinski definition) is 1. The highest BCUT2D eigenvalue weighted by Crippen LogP contribution is 2.22. The van der Waals surface area contributed by atoms with Gasteiger partial charge in [0.05, 0.1) is 19.7 Å². The quantitative estimate of drug-likeness (QED) is 0.817. The Hall–Kier alpha value is -1.59. The maximum Gasteiger partial charge on any atom is 0.320 e. The first-order chi connectivity index (χ1) is 9.43. The zero-order chi connectivity index (χ0) is 15.1. The largest absolute Gasteiger partial charge is 0.465 e. The Balaban J connectivity index is 2.51. The summed E-state index contributed by atoms with van der Waals surface area (Å²) in [7, 11) is 1.68. The summed E-state index contributed by atoms with van der Waals surface area (Å²) < 4.78 is 4.82. The molecule has 0 heterocycles. The summed E-state index contributed by atoms with van der Waals surface area (Å²) in [5.74, 6) is -0.552. The topological polar surface area (TPSA) is 58.6 Å². The lowest BCUT2D eigenvalue weighted by atomic mass is 10.2. The van der Waals surface area contributed by atoms with Crippen molar-refractivity contribution in [1.29, 1.82) is 0 Å². The van der Waals surface area contributed by atoms with Crippen molar-refractivity contribution in [3.05, 3.63) is 28.8 Å². The molecule has 6 heteroatoms. The number of benzene rings is 1. The third-order valence-electron chi connectivity index (χ3n) is 2.66. The standard InChI is InChI=1S/C14H19ClN2O3/c1-4-20-14(19)9-17(3)8-13(18)16-12-7-5-6-11(15)10(12)2/h5-7H,4,8-9H2,1-3H3,(H,16,18). The molecular formula is C14H19ClN2O3. The number of carbonyl (C=O) groups is 2. The van der Waals surface area contributed by atoms with Crippen molar-refractivity contribution < 1.29 is 14.3 Å². The van der Waals surface area contributed by atoms with Gasteiger partial charge in [-0.05, 0) is 38.6 Å². The lowest BCUT2D eigenvalue weighted by Crippen LogP contribution is -2.34. The van der Waals surface area contributed by atoms with Crippen LogP contribution < -0.4 is 5.32 Å². The van der Waals surface area contributed by atoms with E-state index in [1.165, 1.54) is 0 Å². The Kier molecular flexibility index (Phi) is 6.48. The Labute approximate surface area is 123 Å². The van der Waals surface area contributed by atoms with Crippen molar-refractivity contribution in [2.24, 2.45) is 0 Å². The van der Waals surface area contributed by atoms with Gasteiger partial charge in [0, 0.05) is 10.7 Å². The van der Waals surface area contributed by atoms with Crippen LogP contribution in [0.3, 0.4) is 0 Å². The van der Waals surface area contributed by atoms with Crippen LogP contribution in [0.25, 0.3) is 0 Å². The third-order valence-corrected chi connectivity index (χ3v) is 3.07. The maximum absolute atomic E-state index is 11.9. The van der Waals surface area contributed by atoms with E-state index >= 15 is 0 Å². The number of anilines is 1. The molecule has 0 unspecified atom stereocenters. The highest BCUT2D eigenvalue weighted by molar-refractivity contribution is 6.31. The first-order valence-corrected chi connectivity index (χ1v) is 6.71. The first kappa shape index (κ1) is 16.5. The molecule has 110 valence electrons. The SMILES string of the molecule is CCOC(=O)CN(C)CC(=O)Nc1cccc(Cl)c1C. The number of carbonyl (C=O) groups excluding carboxylic acids is 2. The highest BCUT2D eigenvalue weighted by Gasteiger charge is 2.12. The number of halogens is 1. The number of amides is 1. The van der Waals surface area contributed by atoms with Crippen LogP contribution in [0.5, 0.6) is 0 Å². The van der Waals surface area contributed by atoms with Crippen LogP contribution in [-0.4, -0.2) is 43.5 Å². The van der Waals surface area contributed by atoms with Crippen molar-refractivity contribution >= 4 is 29.2 Å². The monoisotopic (exact) mass is 298 g/mol. The van der Waals surface area contributed by atoms with E-state index in [0.29, 0.717) is 17.3 Å². The molecule has 1 amide bonds. The summed E-state index contributed by atoms with van der Waals surface area (Å²) in [6.45, 7) is 4.09. The van der Waals surface area contributed by atoms with Crippen molar-refractivity contribution in [3.63, 3.8) is 0 Å². The van der Waals surface area contributed by atoms with Gasteiger partial charge in [-0.3, -0.25) is 14.5 Å². The van der Waals surface area contributed by atoms with E-state index in [-0.39, 0.29) is 25.0 Å². The molecule has 0 saturated heterocycles. The molecule has 0 aliphatic carbocycles. The molecule has 1 aromatic rings. The molecule has 0 radical (unpaired) electrons. The summed E-state index contributed by atoms with van der Waals surface area (Å²) in [5.41, 5.74) is 1.49. The number of nitrogens with one attached hydrogen (secondary N) is 1. The van der Waals surface area contributed by atoms with E-state index in [1.54, 1.807) is 37.1 Å². The van der Waals surface area contributed by atoms with Crippen LogP contribution in [-0.2, 0) is 14.3 Å². The minimum Gasteiger partial charge on any atom is -0.465 e. The van der Waals surface area contributed by atoms with E-state index in [1.807, 2.05) is 6.92 Å². The fourth-order valence-electron chi connectivity index (χ4n) is 1.66. The Bertz CT molecular complexity index is 491. The summed E-state index contributed by atoms with van der Waals surface area (Å²) in [4.78, 5) is 24.7. The van der Waals surface area contributed by atoms with E-state index < -0.39 is 0 Å². The zero-order valence-corrected chi connectivity index (χ0v) is 12.7. The van der Waals surface area contributed by atoms with Gasteiger partial charge in [-0.1, -0.05) is 17.7 Å². The second kappa shape index (κ2) is 7.87. The molecular weight excluding hydrogens is 280 g/mol. The molecule has 20 heavy (non-hydrogen) atoms. The van der Waals surface area contributed by atoms with Crippen LogP contribution in [0.15, 0.2) is 18.2 Å². The van der Waals surface area contributed by atoms with Gasteiger partial charge >= 0.3 is 5.97 Å². The van der Waals surface area contributed by atoms with Gasteiger partial charge < -0.3 is 10.1 Å². The van der Waals surface area contributed by atoms with Crippen LogP contribution in [0.4, 0.5) is 5.69 Å². The number of likely N-dealkylation sites (N-methyl/N-ethyl adjacent to an activating group) is 1. The summed E-state index contributed by atoms with van der Waals surface area (Å²) in [5, 5.41) is 3.37. The molecule has 1 rings (SSSR count). The minimum atomic E-state index is -0.346. The minimum absolute atomic E-state index is 0.0792. The van der Waals surface area contributed by atoms with E-state index in [0.717, 1.165) is 5.56 Å². The average molecular weight is 299 g/mol. The fraction of sp³-hybridized carbons (Fsp3) is 0.429. The predicted molar refractivity (Wildman–Crippen MR) is 78.9 cm³/mol. The van der Waals surface area contributed by atoms with Gasteiger partial charge in [0.1, 0.15) is 0 Å². The van der Waals surface area contributed by atoms with Crippen LogP contribution >= 0.6 is 11.6 Å². The molecule has 0 fully saturated rings. The summed E-state index contributed by atoms with van der Waals surface area (Å²) in [6.07, 6.45) is 0. The zero-order valence-electron chi connectivity index (χ0n) is 11.9. The average Bonchev–Trinajstić information content (AvgIpc) is 2.34. The predicted octanol–water partition coefficient (Wildman–Crippen LogP) is 2.08. The van der Waals surface area contributed by atoms with Crippen molar-refractivity contribution in [1.82, 2.24) is 4.90 Å². The molecule has 1 aromatic carbocycles. The van der Waals surface area contributed by atoms with Crippen molar-refractivity contribution in [2.45, 2.75) is 13.8 Å². The number of rotatable bonds is 6. The number of esters is 1. The second-order valence-corrected chi connectivity index (χ2v) is 4.85. The molecule has 0 aromatic heterocycles. The number of nitrogens with zero attached hydrogens (tertiary/aromatic N) is 1. The molecule has 0 aliphatic heterocycles. The van der Waals surface area contributed by atoms with Gasteiger partial charge in [0.25, 0.3) is 0 Å². The lowest BCUT2D eigenvalue weighted by Gasteiger charge is -2.16. The lowest BCUT2D eigenvalue weighted by molar-refractivity contribution is -0.144. The molecule has 0 bridgehead atoms. The van der Waals surface area contributed by atoms with E-state index in [2.05, 4.69) is 5.32 Å². The molecule has 0 spiro atoms.